The predicted octanol–water partition coefficient (Wildman–Crippen LogP) is 3.00. The van der Waals surface area contributed by atoms with Gasteiger partial charge >= 0.3 is 6.03 Å². The molecule has 0 saturated heterocycles. The summed E-state index contributed by atoms with van der Waals surface area (Å²) in [4.78, 5) is 25.1. The topological polar surface area (TPSA) is 112 Å². The normalized spacial score (nSPS) is 12.8. The SMILES string of the molecule is N#CCNC(=O)C(Cc1csc2ccccc12)NC(=O)Nc1ccc2c(c1)OCO2. The quantitative estimate of drug-likeness (QED) is 0.529. The maximum absolute atomic E-state index is 12.6. The third kappa shape index (κ3) is 4.29. The highest BCUT2D eigenvalue weighted by Crippen LogP contribution is 2.34. The molecule has 9 heteroatoms. The number of nitrogens with zero attached hydrogens (tertiary/aromatic N) is 1. The van der Waals surface area contributed by atoms with Crippen LogP contribution in [-0.2, 0) is 11.2 Å². The predicted molar refractivity (Wildman–Crippen MR) is 113 cm³/mol. The molecule has 0 spiro atoms. The Bertz CT molecular complexity index is 1140. The molecule has 2 aromatic carbocycles. The summed E-state index contributed by atoms with van der Waals surface area (Å²) in [6.45, 7) is 0.00585. The fourth-order valence-electron chi connectivity index (χ4n) is 3.17. The number of nitrogens with one attached hydrogen (secondary N) is 3. The van der Waals surface area contributed by atoms with Crippen LogP contribution in [0.25, 0.3) is 10.1 Å². The molecule has 0 radical (unpaired) electrons. The fourth-order valence-corrected chi connectivity index (χ4v) is 4.15. The van der Waals surface area contributed by atoms with Crippen LogP contribution in [-0.4, -0.2) is 31.3 Å². The first-order chi connectivity index (χ1) is 14.6. The molecule has 2 heterocycles. The van der Waals surface area contributed by atoms with Gasteiger partial charge in [0.15, 0.2) is 11.5 Å². The molecule has 4 rings (SSSR count). The van der Waals surface area contributed by atoms with Gasteiger partial charge in [-0.05, 0) is 34.5 Å². The van der Waals surface area contributed by atoms with Crippen LogP contribution in [0.15, 0.2) is 47.8 Å². The molecule has 3 N–H and O–H groups in total. The zero-order valence-corrected chi connectivity index (χ0v) is 16.6. The van der Waals surface area contributed by atoms with Crippen LogP contribution in [0, 0.1) is 11.3 Å². The number of ether oxygens (including phenoxy) is 2. The van der Waals surface area contributed by atoms with Crippen LogP contribution >= 0.6 is 11.3 Å². The third-order valence-corrected chi connectivity index (χ3v) is 5.59. The van der Waals surface area contributed by atoms with E-state index in [9.17, 15) is 9.59 Å². The van der Waals surface area contributed by atoms with E-state index >= 15 is 0 Å². The van der Waals surface area contributed by atoms with E-state index in [-0.39, 0.29) is 13.3 Å². The summed E-state index contributed by atoms with van der Waals surface area (Å²) in [5.74, 6) is 0.729. The molecule has 8 nitrogen and oxygen atoms in total. The molecule has 0 fully saturated rings. The lowest BCUT2D eigenvalue weighted by molar-refractivity contribution is -0.122. The summed E-state index contributed by atoms with van der Waals surface area (Å²) in [5.41, 5.74) is 1.46. The number of benzene rings is 2. The highest BCUT2D eigenvalue weighted by molar-refractivity contribution is 7.17. The van der Waals surface area contributed by atoms with Crippen molar-refractivity contribution in [3.63, 3.8) is 0 Å². The Hall–Kier alpha value is -3.77. The number of carbonyl (C=O) groups is 2. The number of nitriles is 1. The van der Waals surface area contributed by atoms with Crippen LogP contribution in [0.1, 0.15) is 5.56 Å². The first-order valence-electron chi connectivity index (χ1n) is 9.21. The Balaban J connectivity index is 1.48. The summed E-state index contributed by atoms with van der Waals surface area (Å²) in [5, 5.41) is 19.7. The largest absolute Gasteiger partial charge is 0.454 e. The van der Waals surface area contributed by atoms with E-state index in [2.05, 4.69) is 16.0 Å². The Labute approximate surface area is 176 Å². The molecular weight excluding hydrogens is 404 g/mol. The summed E-state index contributed by atoms with van der Waals surface area (Å²) >= 11 is 1.58. The lowest BCUT2D eigenvalue weighted by Gasteiger charge is -2.18. The van der Waals surface area contributed by atoms with E-state index < -0.39 is 18.0 Å². The summed E-state index contributed by atoms with van der Waals surface area (Å²) < 4.78 is 11.7. The second-order valence-electron chi connectivity index (χ2n) is 6.56. The van der Waals surface area contributed by atoms with Crippen LogP contribution in [0.2, 0.25) is 0 Å². The van der Waals surface area contributed by atoms with E-state index in [0.29, 0.717) is 23.6 Å². The van der Waals surface area contributed by atoms with Crippen LogP contribution in [0.4, 0.5) is 10.5 Å². The number of carbonyl (C=O) groups excluding carboxylic acids is 2. The highest BCUT2D eigenvalue weighted by Gasteiger charge is 2.23. The molecule has 152 valence electrons. The van der Waals surface area contributed by atoms with Crippen molar-refractivity contribution in [2.75, 3.05) is 18.7 Å². The second-order valence-corrected chi connectivity index (χ2v) is 7.47. The molecule has 30 heavy (non-hydrogen) atoms. The first kappa shape index (κ1) is 19.5. The van der Waals surface area contributed by atoms with Crippen molar-refractivity contribution < 1.29 is 19.1 Å². The minimum Gasteiger partial charge on any atom is -0.454 e. The molecule has 1 aromatic heterocycles. The van der Waals surface area contributed by atoms with Crippen molar-refractivity contribution in [1.82, 2.24) is 10.6 Å². The first-order valence-corrected chi connectivity index (χ1v) is 10.1. The van der Waals surface area contributed by atoms with Crippen molar-refractivity contribution in [2.24, 2.45) is 0 Å². The summed E-state index contributed by atoms with van der Waals surface area (Å²) in [7, 11) is 0. The second kappa shape index (κ2) is 8.71. The average Bonchev–Trinajstić information content (AvgIpc) is 3.38. The highest BCUT2D eigenvalue weighted by atomic mass is 32.1. The van der Waals surface area contributed by atoms with Crippen molar-refractivity contribution in [1.29, 1.82) is 5.26 Å². The molecule has 0 aliphatic carbocycles. The third-order valence-electron chi connectivity index (χ3n) is 4.58. The maximum Gasteiger partial charge on any atom is 0.319 e. The number of urea groups is 1. The molecule has 3 aromatic rings. The number of fused-ring (bicyclic) bond motifs is 2. The molecule has 0 bridgehead atoms. The van der Waals surface area contributed by atoms with Gasteiger partial charge in [-0.3, -0.25) is 4.79 Å². The van der Waals surface area contributed by atoms with Crippen LogP contribution in [0.5, 0.6) is 11.5 Å². The van der Waals surface area contributed by atoms with Gasteiger partial charge in [0.25, 0.3) is 0 Å². The molecule has 1 aliphatic rings. The Morgan fingerprint density at radius 1 is 1.17 bits per heavy atom. The molecule has 1 atom stereocenters. The zero-order chi connectivity index (χ0) is 20.9. The van der Waals surface area contributed by atoms with Gasteiger partial charge < -0.3 is 25.4 Å². The Morgan fingerprint density at radius 3 is 2.87 bits per heavy atom. The number of hydrogen-bond acceptors (Lipinski definition) is 6. The van der Waals surface area contributed by atoms with Gasteiger partial charge in [-0.2, -0.15) is 5.26 Å². The Kier molecular flexibility index (Phi) is 5.68. The van der Waals surface area contributed by atoms with Gasteiger partial charge in [0.1, 0.15) is 12.6 Å². The van der Waals surface area contributed by atoms with Crippen molar-refractivity contribution in [3.05, 3.63) is 53.4 Å². The van der Waals surface area contributed by atoms with Gasteiger partial charge in [0.2, 0.25) is 12.7 Å². The lowest BCUT2D eigenvalue weighted by atomic mass is 10.0. The molecule has 0 saturated carbocycles. The van der Waals surface area contributed by atoms with E-state index in [1.165, 1.54) is 0 Å². The van der Waals surface area contributed by atoms with Gasteiger partial charge in [0.05, 0.1) is 6.07 Å². The molecule has 1 unspecified atom stereocenters. The number of rotatable bonds is 6. The number of amides is 3. The van der Waals surface area contributed by atoms with Crippen LogP contribution < -0.4 is 25.4 Å². The minimum atomic E-state index is -0.842. The van der Waals surface area contributed by atoms with E-state index in [4.69, 9.17) is 14.7 Å². The summed E-state index contributed by atoms with van der Waals surface area (Å²) in [6.07, 6.45) is 0.301. The fraction of sp³-hybridized carbons (Fsp3) is 0.190. The molecular formula is C21H18N4O4S. The lowest BCUT2D eigenvalue weighted by Crippen LogP contribution is -2.49. The van der Waals surface area contributed by atoms with E-state index in [0.717, 1.165) is 15.6 Å². The van der Waals surface area contributed by atoms with Crippen molar-refractivity contribution in [2.45, 2.75) is 12.5 Å². The number of thiophene rings is 1. The van der Waals surface area contributed by atoms with Crippen molar-refractivity contribution >= 4 is 39.0 Å². The Morgan fingerprint density at radius 2 is 2.00 bits per heavy atom. The van der Waals surface area contributed by atoms with E-state index in [1.54, 1.807) is 29.5 Å². The number of hydrogen-bond donors (Lipinski definition) is 3. The van der Waals surface area contributed by atoms with E-state index in [1.807, 2.05) is 35.7 Å². The van der Waals surface area contributed by atoms with Crippen molar-refractivity contribution in [3.8, 4) is 17.6 Å². The zero-order valence-electron chi connectivity index (χ0n) is 15.8. The molecule has 1 aliphatic heterocycles. The van der Waals surface area contributed by atoms with Gasteiger partial charge in [-0.25, -0.2) is 4.79 Å². The van der Waals surface area contributed by atoms with Gasteiger partial charge in [-0.15, -0.1) is 11.3 Å². The monoisotopic (exact) mass is 422 g/mol. The number of anilines is 1. The summed E-state index contributed by atoms with van der Waals surface area (Å²) in [6, 6.07) is 13.4. The van der Waals surface area contributed by atoms with Crippen LogP contribution in [0.3, 0.4) is 0 Å². The van der Waals surface area contributed by atoms with Gasteiger partial charge in [-0.1, -0.05) is 18.2 Å². The van der Waals surface area contributed by atoms with Gasteiger partial charge in [0, 0.05) is 22.9 Å². The maximum atomic E-state index is 12.6. The molecule has 3 amide bonds. The minimum absolute atomic E-state index is 0.134. The smallest absolute Gasteiger partial charge is 0.319 e. The standard InChI is InChI=1S/C21H18N4O4S/c22-7-8-23-20(26)16(9-13-11-30-19-4-2-1-3-15(13)19)25-21(27)24-14-5-6-17-18(10-14)29-12-28-17/h1-6,10-11,16H,8-9,12H2,(H,23,26)(H2,24,25,27). The average molecular weight is 422 g/mol.